The standard InChI is InChI=1S/C17H15Cl2N3O3S/c1-10-8-11(18)6-7-14(10)25-9-15(23)20-17(26)22-21-16(24)12-4-2-3-5-13(12)19/h2-8H,9H2,1H3,(H,21,24)(H2,20,22,23,26). The van der Waals surface area contributed by atoms with Crippen molar-refractivity contribution in [3.63, 3.8) is 0 Å². The Morgan fingerprint density at radius 3 is 2.54 bits per heavy atom. The number of ether oxygens (including phenoxy) is 1. The number of amides is 2. The van der Waals surface area contributed by atoms with Gasteiger partial charge < -0.3 is 4.74 Å². The summed E-state index contributed by atoms with van der Waals surface area (Å²) in [6, 6.07) is 11.6. The van der Waals surface area contributed by atoms with E-state index < -0.39 is 11.8 Å². The van der Waals surface area contributed by atoms with Gasteiger partial charge >= 0.3 is 0 Å². The van der Waals surface area contributed by atoms with Crippen molar-refractivity contribution in [2.45, 2.75) is 6.92 Å². The number of thiocarbonyl (C=S) groups is 1. The van der Waals surface area contributed by atoms with Crippen molar-refractivity contribution in [1.82, 2.24) is 16.2 Å². The lowest BCUT2D eigenvalue weighted by Gasteiger charge is -2.12. The molecule has 0 spiro atoms. The number of carbonyl (C=O) groups is 2. The number of halogens is 2. The maximum atomic E-state index is 12.0. The number of nitrogens with one attached hydrogen (secondary N) is 3. The number of hydrazine groups is 1. The molecule has 0 atom stereocenters. The molecule has 6 nitrogen and oxygen atoms in total. The molecular weight excluding hydrogens is 397 g/mol. The Morgan fingerprint density at radius 1 is 1.12 bits per heavy atom. The van der Waals surface area contributed by atoms with Gasteiger partial charge in [-0.1, -0.05) is 35.3 Å². The zero-order valence-corrected chi connectivity index (χ0v) is 16.0. The Balaban J connectivity index is 1.77. The van der Waals surface area contributed by atoms with E-state index in [-0.39, 0.29) is 17.3 Å². The highest BCUT2D eigenvalue weighted by molar-refractivity contribution is 7.80. The predicted molar refractivity (Wildman–Crippen MR) is 104 cm³/mol. The van der Waals surface area contributed by atoms with E-state index in [4.69, 9.17) is 40.2 Å². The molecule has 2 amide bonds. The third-order valence-electron chi connectivity index (χ3n) is 3.16. The quantitative estimate of drug-likeness (QED) is 0.532. The summed E-state index contributed by atoms with van der Waals surface area (Å²) in [6.07, 6.45) is 0. The highest BCUT2D eigenvalue weighted by atomic mass is 35.5. The second-order valence-electron chi connectivity index (χ2n) is 5.13. The van der Waals surface area contributed by atoms with Gasteiger partial charge in [-0.05, 0) is 55.0 Å². The summed E-state index contributed by atoms with van der Waals surface area (Å²) in [5.74, 6) is -0.431. The van der Waals surface area contributed by atoms with Gasteiger partial charge in [0.1, 0.15) is 5.75 Å². The maximum absolute atomic E-state index is 12.0. The molecule has 9 heteroatoms. The van der Waals surface area contributed by atoms with Crippen molar-refractivity contribution in [1.29, 1.82) is 0 Å². The minimum atomic E-state index is -0.486. The van der Waals surface area contributed by atoms with E-state index in [1.807, 2.05) is 6.92 Å². The summed E-state index contributed by atoms with van der Waals surface area (Å²) >= 11 is 16.7. The van der Waals surface area contributed by atoms with Gasteiger partial charge in [-0.3, -0.25) is 25.8 Å². The van der Waals surface area contributed by atoms with Gasteiger partial charge in [0, 0.05) is 5.02 Å². The van der Waals surface area contributed by atoms with E-state index in [2.05, 4.69) is 16.2 Å². The average molecular weight is 412 g/mol. The first-order valence-electron chi connectivity index (χ1n) is 7.40. The van der Waals surface area contributed by atoms with Crippen LogP contribution in [0.25, 0.3) is 0 Å². The highest BCUT2D eigenvalue weighted by Crippen LogP contribution is 2.21. The minimum Gasteiger partial charge on any atom is -0.483 e. The summed E-state index contributed by atoms with van der Waals surface area (Å²) in [4.78, 5) is 23.8. The van der Waals surface area contributed by atoms with Crippen molar-refractivity contribution in [3.05, 3.63) is 63.6 Å². The molecule has 0 aliphatic carbocycles. The molecular formula is C17H15Cl2N3O3S. The van der Waals surface area contributed by atoms with Crippen LogP contribution in [0.15, 0.2) is 42.5 Å². The normalized spacial score (nSPS) is 9.96. The van der Waals surface area contributed by atoms with E-state index >= 15 is 0 Å². The molecule has 0 bridgehead atoms. The van der Waals surface area contributed by atoms with Crippen molar-refractivity contribution >= 4 is 52.3 Å². The molecule has 136 valence electrons. The minimum absolute atomic E-state index is 0.0770. The third kappa shape index (κ3) is 5.87. The fraction of sp³-hybridized carbons (Fsp3) is 0.118. The van der Waals surface area contributed by atoms with Crippen LogP contribution >= 0.6 is 35.4 Å². The Labute approximate surface area is 165 Å². The van der Waals surface area contributed by atoms with E-state index in [0.717, 1.165) is 5.56 Å². The largest absolute Gasteiger partial charge is 0.483 e. The molecule has 0 aliphatic heterocycles. The molecule has 2 aromatic carbocycles. The van der Waals surface area contributed by atoms with Gasteiger partial charge in [-0.15, -0.1) is 0 Å². The number of benzene rings is 2. The van der Waals surface area contributed by atoms with Crippen LogP contribution in [-0.2, 0) is 4.79 Å². The van der Waals surface area contributed by atoms with Crippen molar-refractivity contribution in [3.8, 4) is 5.75 Å². The van der Waals surface area contributed by atoms with Crippen LogP contribution in [0, 0.1) is 6.92 Å². The number of rotatable bonds is 4. The fourth-order valence-corrected chi connectivity index (χ4v) is 2.55. The second kappa shape index (κ2) is 9.38. The van der Waals surface area contributed by atoms with E-state index in [1.165, 1.54) is 0 Å². The lowest BCUT2D eigenvalue weighted by Crippen LogP contribution is -2.49. The molecule has 0 aromatic heterocycles. The second-order valence-corrected chi connectivity index (χ2v) is 6.39. The molecule has 0 radical (unpaired) electrons. The summed E-state index contributed by atoms with van der Waals surface area (Å²) in [7, 11) is 0. The van der Waals surface area contributed by atoms with E-state index in [9.17, 15) is 9.59 Å². The monoisotopic (exact) mass is 411 g/mol. The van der Waals surface area contributed by atoms with Crippen molar-refractivity contribution in [2.75, 3.05) is 6.61 Å². The van der Waals surface area contributed by atoms with Gasteiger partial charge in [0.05, 0.1) is 10.6 Å². The molecule has 0 fully saturated rings. The lowest BCUT2D eigenvalue weighted by molar-refractivity contribution is -0.121. The summed E-state index contributed by atoms with van der Waals surface area (Å²) in [5.41, 5.74) is 5.85. The Morgan fingerprint density at radius 2 is 1.85 bits per heavy atom. The zero-order valence-electron chi connectivity index (χ0n) is 13.6. The van der Waals surface area contributed by atoms with Crippen LogP contribution in [0.1, 0.15) is 15.9 Å². The van der Waals surface area contributed by atoms with Gasteiger partial charge in [0.15, 0.2) is 11.7 Å². The van der Waals surface area contributed by atoms with Gasteiger partial charge in [0.2, 0.25) is 0 Å². The smallest absolute Gasteiger partial charge is 0.271 e. The molecule has 0 aliphatic rings. The van der Waals surface area contributed by atoms with Crippen LogP contribution in [0.2, 0.25) is 10.0 Å². The lowest BCUT2D eigenvalue weighted by atomic mass is 10.2. The SMILES string of the molecule is Cc1cc(Cl)ccc1OCC(=O)NC(=S)NNC(=O)c1ccccc1Cl. The van der Waals surface area contributed by atoms with Crippen LogP contribution in [0.4, 0.5) is 0 Å². The van der Waals surface area contributed by atoms with Gasteiger partial charge in [0.25, 0.3) is 11.8 Å². The fourth-order valence-electron chi connectivity index (χ4n) is 1.94. The van der Waals surface area contributed by atoms with Crippen LogP contribution < -0.4 is 20.9 Å². The first-order chi connectivity index (χ1) is 12.4. The molecule has 3 N–H and O–H groups in total. The molecule has 0 saturated heterocycles. The molecule has 2 rings (SSSR count). The average Bonchev–Trinajstić information content (AvgIpc) is 2.59. The van der Waals surface area contributed by atoms with Crippen LogP contribution in [0.3, 0.4) is 0 Å². The Bertz CT molecular complexity index is 846. The first-order valence-corrected chi connectivity index (χ1v) is 8.57. The predicted octanol–water partition coefficient (Wildman–Crippen LogP) is 3.02. The topological polar surface area (TPSA) is 79.5 Å². The number of carbonyl (C=O) groups excluding carboxylic acids is 2. The Kier molecular flexibility index (Phi) is 7.20. The number of hydrogen-bond acceptors (Lipinski definition) is 4. The maximum Gasteiger partial charge on any atom is 0.271 e. The van der Waals surface area contributed by atoms with Gasteiger partial charge in [-0.2, -0.15) is 0 Å². The molecule has 0 saturated carbocycles. The molecule has 0 unspecified atom stereocenters. The summed E-state index contributed by atoms with van der Waals surface area (Å²) in [6.45, 7) is 1.57. The molecule has 2 aromatic rings. The Hall–Kier alpha value is -2.35. The van der Waals surface area contributed by atoms with Crippen LogP contribution in [-0.4, -0.2) is 23.5 Å². The number of aryl methyl sites for hydroxylation is 1. The first kappa shape index (κ1) is 20.0. The van der Waals surface area contributed by atoms with Crippen LogP contribution in [0.5, 0.6) is 5.75 Å². The van der Waals surface area contributed by atoms with Crippen molar-refractivity contribution < 1.29 is 14.3 Å². The van der Waals surface area contributed by atoms with E-state index in [1.54, 1.807) is 42.5 Å². The molecule has 0 heterocycles. The molecule has 26 heavy (non-hydrogen) atoms. The summed E-state index contributed by atoms with van der Waals surface area (Å²) < 4.78 is 5.40. The van der Waals surface area contributed by atoms with Gasteiger partial charge in [-0.25, -0.2) is 0 Å². The number of hydrogen-bond donors (Lipinski definition) is 3. The summed E-state index contributed by atoms with van der Waals surface area (Å²) in [5, 5.41) is 3.19. The third-order valence-corrected chi connectivity index (χ3v) is 3.93. The van der Waals surface area contributed by atoms with Crippen molar-refractivity contribution in [2.24, 2.45) is 0 Å². The highest BCUT2D eigenvalue weighted by Gasteiger charge is 2.11. The van der Waals surface area contributed by atoms with E-state index in [0.29, 0.717) is 15.8 Å². The zero-order chi connectivity index (χ0) is 19.1.